The van der Waals surface area contributed by atoms with Crippen molar-refractivity contribution >= 4 is 5.71 Å². The van der Waals surface area contributed by atoms with Crippen molar-refractivity contribution in [1.29, 1.82) is 0 Å². The molecule has 24 heavy (non-hydrogen) atoms. The van der Waals surface area contributed by atoms with Gasteiger partial charge in [0.15, 0.2) is 5.79 Å². The zero-order valence-electron chi connectivity index (χ0n) is 14.9. The van der Waals surface area contributed by atoms with E-state index in [0.29, 0.717) is 0 Å². The maximum absolute atomic E-state index is 5.95. The molecule has 1 saturated heterocycles. The Kier molecular flexibility index (Phi) is 3.73. The Morgan fingerprint density at radius 1 is 1.00 bits per heavy atom. The van der Waals surface area contributed by atoms with Crippen LogP contribution >= 0.6 is 0 Å². The zero-order valence-corrected chi connectivity index (χ0v) is 14.9. The smallest absolute Gasteiger partial charge is 0.168 e. The summed E-state index contributed by atoms with van der Waals surface area (Å²) >= 11 is 0. The number of nitrogens with zero attached hydrogens (tertiary/aromatic N) is 1. The molecule has 0 atom stereocenters. The van der Waals surface area contributed by atoms with Gasteiger partial charge in [-0.3, -0.25) is 0 Å². The summed E-state index contributed by atoms with van der Waals surface area (Å²) in [6.07, 6.45) is 4.57. The van der Waals surface area contributed by atoms with Crippen molar-refractivity contribution in [3.63, 3.8) is 0 Å². The monoisotopic (exact) mass is 329 g/mol. The Hall–Kier alpha value is -1.39. The lowest BCUT2D eigenvalue weighted by atomic mass is 9.77. The standard InChI is InChI=1S/C20H27NO3/c1-18(2,3)16-6-4-5-15(13-16)17-14-19(24-21-17)7-9-20(10-8-19)22-11-12-23-20/h4-6,13H,7-12,14H2,1-3H3. The highest BCUT2D eigenvalue weighted by molar-refractivity contribution is 6.01. The van der Waals surface area contributed by atoms with Gasteiger partial charge in [-0.2, -0.15) is 0 Å². The number of hydrogen-bond donors (Lipinski definition) is 0. The lowest BCUT2D eigenvalue weighted by molar-refractivity contribution is -0.206. The predicted molar refractivity (Wildman–Crippen MR) is 93.2 cm³/mol. The SMILES string of the molecule is CC(C)(C)c1cccc(C2=NOC3(CCC4(CC3)OCCO4)C2)c1. The molecule has 3 aliphatic rings. The van der Waals surface area contributed by atoms with E-state index in [4.69, 9.17) is 14.3 Å². The van der Waals surface area contributed by atoms with Crippen LogP contribution in [0.2, 0.25) is 0 Å². The molecule has 2 heterocycles. The third-order valence-corrected chi connectivity index (χ3v) is 5.64. The highest BCUT2D eigenvalue weighted by Gasteiger charge is 2.50. The summed E-state index contributed by atoms with van der Waals surface area (Å²) in [5.74, 6) is -0.344. The number of ether oxygens (including phenoxy) is 2. The molecule has 1 saturated carbocycles. The maximum atomic E-state index is 5.95. The van der Waals surface area contributed by atoms with Crippen molar-refractivity contribution in [3.05, 3.63) is 35.4 Å². The molecule has 0 bridgehead atoms. The van der Waals surface area contributed by atoms with Gasteiger partial charge in [0.2, 0.25) is 0 Å². The quantitative estimate of drug-likeness (QED) is 0.776. The van der Waals surface area contributed by atoms with Crippen LogP contribution in [0, 0.1) is 0 Å². The van der Waals surface area contributed by atoms with Gasteiger partial charge in [-0.05, 0) is 35.4 Å². The first kappa shape index (κ1) is 16.1. The van der Waals surface area contributed by atoms with Gasteiger partial charge >= 0.3 is 0 Å². The average molecular weight is 329 g/mol. The van der Waals surface area contributed by atoms with Gasteiger partial charge < -0.3 is 14.3 Å². The van der Waals surface area contributed by atoms with Crippen LogP contribution in [0.25, 0.3) is 0 Å². The Balaban J connectivity index is 1.47. The topological polar surface area (TPSA) is 40.0 Å². The van der Waals surface area contributed by atoms with E-state index in [9.17, 15) is 0 Å². The molecule has 4 rings (SSSR count). The van der Waals surface area contributed by atoms with E-state index < -0.39 is 0 Å². The molecule has 0 aromatic heterocycles. The largest absolute Gasteiger partial charge is 0.389 e. The fraction of sp³-hybridized carbons (Fsp3) is 0.650. The van der Waals surface area contributed by atoms with Crippen LogP contribution in [0.3, 0.4) is 0 Å². The second-order valence-corrected chi connectivity index (χ2v) is 8.43. The van der Waals surface area contributed by atoms with Crippen LogP contribution in [-0.2, 0) is 19.7 Å². The molecular weight excluding hydrogens is 302 g/mol. The Morgan fingerprint density at radius 3 is 2.38 bits per heavy atom. The first-order valence-corrected chi connectivity index (χ1v) is 9.04. The van der Waals surface area contributed by atoms with Gasteiger partial charge in [0, 0.05) is 19.3 Å². The van der Waals surface area contributed by atoms with E-state index in [1.165, 1.54) is 11.1 Å². The van der Waals surface area contributed by atoms with Crippen LogP contribution in [0.4, 0.5) is 0 Å². The van der Waals surface area contributed by atoms with Crippen LogP contribution < -0.4 is 0 Å². The van der Waals surface area contributed by atoms with Crippen LogP contribution in [-0.4, -0.2) is 30.3 Å². The minimum absolute atomic E-state index is 0.141. The van der Waals surface area contributed by atoms with Crippen molar-refractivity contribution in [2.75, 3.05) is 13.2 Å². The van der Waals surface area contributed by atoms with Crippen LogP contribution in [0.5, 0.6) is 0 Å². The summed E-state index contributed by atoms with van der Waals surface area (Å²) in [5, 5.41) is 4.46. The Labute approximate surface area is 144 Å². The maximum Gasteiger partial charge on any atom is 0.168 e. The number of rotatable bonds is 1. The molecule has 4 nitrogen and oxygen atoms in total. The highest BCUT2D eigenvalue weighted by atomic mass is 16.7. The summed E-state index contributed by atoms with van der Waals surface area (Å²) in [7, 11) is 0. The molecule has 4 heteroatoms. The lowest BCUT2D eigenvalue weighted by Gasteiger charge is -2.39. The molecule has 0 unspecified atom stereocenters. The fourth-order valence-electron chi connectivity index (χ4n) is 3.98. The van der Waals surface area contributed by atoms with Crippen LogP contribution in [0.15, 0.2) is 29.4 Å². The predicted octanol–water partition coefficient (Wildman–Crippen LogP) is 4.16. The first-order chi connectivity index (χ1) is 11.4. The average Bonchev–Trinajstić information content (AvgIpc) is 3.18. The molecule has 2 fully saturated rings. The first-order valence-electron chi connectivity index (χ1n) is 9.04. The van der Waals surface area contributed by atoms with Gasteiger partial charge in [-0.1, -0.05) is 44.1 Å². The summed E-state index contributed by atoms with van der Waals surface area (Å²) in [5.41, 5.74) is 3.58. The number of oxime groups is 1. The molecule has 0 N–H and O–H groups in total. The normalized spacial score (nSPS) is 25.0. The summed E-state index contributed by atoms with van der Waals surface area (Å²) in [6, 6.07) is 8.72. The molecular formula is C20H27NO3. The van der Waals surface area contributed by atoms with Gasteiger partial charge in [-0.25, -0.2) is 0 Å². The molecule has 0 amide bonds. The molecule has 1 aliphatic carbocycles. The third-order valence-electron chi connectivity index (χ3n) is 5.64. The molecule has 2 aliphatic heterocycles. The second-order valence-electron chi connectivity index (χ2n) is 8.43. The van der Waals surface area contributed by atoms with E-state index in [-0.39, 0.29) is 16.8 Å². The fourth-order valence-corrected chi connectivity index (χ4v) is 3.98. The van der Waals surface area contributed by atoms with Crippen molar-refractivity contribution in [2.24, 2.45) is 5.16 Å². The summed E-state index contributed by atoms with van der Waals surface area (Å²) < 4.78 is 11.7. The zero-order chi connectivity index (χ0) is 16.8. The van der Waals surface area contributed by atoms with E-state index in [0.717, 1.165) is 51.0 Å². The highest BCUT2D eigenvalue weighted by Crippen LogP contribution is 2.46. The summed E-state index contributed by atoms with van der Waals surface area (Å²) in [4.78, 5) is 5.95. The van der Waals surface area contributed by atoms with Crippen molar-refractivity contribution in [3.8, 4) is 0 Å². The molecule has 1 aromatic carbocycles. The van der Waals surface area contributed by atoms with E-state index in [1.54, 1.807) is 0 Å². The van der Waals surface area contributed by atoms with Gasteiger partial charge in [0.25, 0.3) is 0 Å². The molecule has 2 spiro atoms. The van der Waals surface area contributed by atoms with Gasteiger partial charge in [0.05, 0.1) is 18.9 Å². The Bertz CT molecular complexity index is 643. The molecule has 130 valence electrons. The van der Waals surface area contributed by atoms with E-state index >= 15 is 0 Å². The van der Waals surface area contributed by atoms with Crippen molar-refractivity contribution in [1.82, 2.24) is 0 Å². The number of hydrogen-bond acceptors (Lipinski definition) is 4. The van der Waals surface area contributed by atoms with Gasteiger partial charge in [-0.15, -0.1) is 0 Å². The molecule has 1 aromatic rings. The third kappa shape index (κ3) is 2.86. The van der Waals surface area contributed by atoms with Gasteiger partial charge in [0.1, 0.15) is 5.60 Å². The minimum Gasteiger partial charge on any atom is -0.389 e. The summed E-state index contributed by atoms with van der Waals surface area (Å²) in [6.45, 7) is 8.15. The van der Waals surface area contributed by atoms with Crippen molar-refractivity contribution in [2.45, 2.75) is 69.7 Å². The molecule has 0 radical (unpaired) electrons. The van der Waals surface area contributed by atoms with E-state index in [2.05, 4.69) is 50.2 Å². The lowest BCUT2D eigenvalue weighted by Crippen LogP contribution is -2.43. The second kappa shape index (κ2) is 5.57. The van der Waals surface area contributed by atoms with E-state index in [1.807, 2.05) is 0 Å². The number of benzene rings is 1. The minimum atomic E-state index is -0.344. The Morgan fingerprint density at radius 2 is 1.71 bits per heavy atom. The van der Waals surface area contributed by atoms with Crippen LogP contribution in [0.1, 0.15) is 64.0 Å². The van der Waals surface area contributed by atoms with Crippen molar-refractivity contribution < 1.29 is 14.3 Å².